The molecular weight excluding hydrogens is 307 g/mol. The Morgan fingerprint density at radius 2 is 2.10 bits per heavy atom. The minimum absolute atomic E-state index is 0. The van der Waals surface area contributed by atoms with E-state index in [0.29, 0.717) is 25.6 Å². The van der Waals surface area contributed by atoms with Crippen molar-refractivity contribution in [3.63, 3.8) is 0 Å². The molecule has 2 N–H and O–H groups in total. The van der Waals surface area contributed by atoms with E-state index in [1.807, 2.05) is 36.1 Å². The molecule has 2 rings (SSSR count). The number of amides is 1. The number of hydrogen-bond acceptors (Lipinski definition) is 2. The maximum atomic E-state index is 12.7. The third kappa shape index (κ3) is 4.35. The van der Waals surface area contributed by atoms with Crippen LogP contribution in [0.1, 0.15) is 31.7 Å². The van der Waals surface area contributed by atoms with Gasteiger partial charge in [-0.05, 0) is 43.9 Å². The number of nitrogens with two attached hydrogens (primary N) is 1. The van der Waals surface area contributed by atoms with Gasteiger partial charge in [0.15, 0.2) is 0 Å². The number of halogens is 2. The lowest BCUT2D eigenvalue weighted by Crippen LogP contribution is -2.38. The van der Waals surface area contributed by atoms with E-state index in [1.54, 1.807) is 0 Å². The predicted octanol–water partition coefficient (Wildman–Crippen LogP) is 3.49. The molecule has 1 aromatic carbocycles. The molecule has 0 bridgehead atoms. The second-order valence-corrected chi connectivity index (χ2v) is 5.88. The second-order valence-electron chi connectivity index (χ2n) is 5.48. The first-order valence-corrected chi connectivity index (χ1v) is 7.77. The molecule has 3 nitrogen and oxygen atoms in total. The van der Waals surface area contributed by atoms with Crippen molar-refractivity contribution in [3.8, 4) is 0 Å². The number of carbonyl (C=O) groups is 1. The van der Waals surface area contributed by atoms with Gasteiger partial charge < -0.3 is 10.6 Å². The Bertz CT molecular complexity index is 467. The Labute approximate surface area is 138 Å². The quantitative estimate of drug-likeness (QED) is 0.898. The van der Waals surface area contributed by atoms with Crippen LogP contribution < -0.4 is 5.73 Å². The van der Waals surface area contributed by atoms with Gasteiger partial charge in [-0.2, -0.15) is 0 Å². The Morgan fingerprint density at radius 3 is 2.71 bits per heavy atom. The minimum Gasteiger partial charge on any atom is -0.338 e. The highest BCUT2D eigenvalue weighted by atomic mass is 35.5. The molecule has 0 aromatic heterocycles. The molecule has 0 aliphatic heterocycles. The fourth-order valence-electron chi connectivity index (χ4n) is 3.06. The summed E-state index contributed by atoms with van der Waals surface area (Å²) in [6, 6.07) is 7.71. The summed E-state index contributed by atoms with van der Waals surface area (Å²) in [7, 11) is 0. The molecule has 0 saturated heterocycles. The molecule has 5 heteroatoms. The molecule has 21 heavy (non-hydrogen) atoms. The smallest absolute Gasteiger partial charge is 0.226 e. The summed E-state index contributed by atoms with van der Waals surface area (Å²) in [5.41, 5.74) is 6.79. The van der Waals surface area contributed by atoms with Gasteiger partial charge in [0.05, 0.1) is 0 Å². The topological polar surface area (TPSA) is 46.3 Å². The highest BCUT2D eigenvalue weighted by Gasteiger charge is 2.34. The zero-order chi connectivity index (χ0) is 14.5. The summed E-state index contributed by atoms with van der Waals surface area (Å²) in [4.78, 5) is 14.6. The Balaban J connectivity index is 0.00000220. The van der Waals surface area contributed by atoms with Crippen LogP contribution in [-0.2, 0) is 11.3 Å². The molecule has 0 heterocycles. The van der Waals surface area contributed by atoms with Gasteiger partial charge in [0.25, 0.3) is 0 Å². The van der Waals surface area contributed by atoms with Crippen LogP contribution in [-0.4, -0.2) is 23.9 Å². The van der Waals surface area contributed by atoms with Crippen LogP contribution in [0.25, 0.3) is 0 Å². The largest absolute Gasteiger partial charge is 0.338 e. The van der Waals surface area contributed by atoms with Crippen LogP contribution in [0.4, 0.5) is 0 Å². The fourth-order valence-corrected chi connectivity index (χ4v) is 3.25. The average Bonchev–Trinajstić information content (AvgIpc) is 2.94. The Kier molecular flexibility index (Phi) is 7.50. The van der Waals surface area contributed by atoms with Gasteiger partial charge >= 0.3 is 0 Å². The first-order valence-electron chi connectivity index (χ1n) is 7.39. The molecule has 0 spiro atoms. The highest BCUT2D eigenvalue weighted by molar-refractivity contribution is 6.31. The molecule has 1 saturated carbocycles. The number of nitrogens with zero attached hydrogens (tertiary/aromatic N) is 1. The van der Waals surface area contributed by atoms with Gasteiger partial charge in [-0.15, -0.1) is 12.4 Å². The summed E-state index contributed by atoms with van der Waals surface area (Å²) >= 11 is 6.19. The average molecular weight is 331 g/mol. The van der Waals surface area contributed by atoms with Crippen LogP contribution in [0.3, 0.4) is 0 Å². The zero-order valence-corrected chi connectivity index (χ0v) is 14.0. The van der Waals surface area contributed by atoms with E-state index >= 15 is 0 Å². The maximum absolute atomic E-state index is 12.7. The molecule has 1 aromatic rings. The maximum Gasteiger partial charge on any atom is 0.226 e. The lowest BCUT2D eigenvalue weighted by Gasteiger charge is -2.27. The molecule has 1 aliphatic carbocycles. The van der Waals surface area contributed by atoms with E-state index in [4.69, 9.17) is 17.3 Å². The minimum atomic E-state index is 0. The van der Waals surface area contributed by atoms with E-state index in [1.165, 1.54) is 0 Å². The monoisotopic (exact) mass is 330 g/mol. The van der Waals surface area contributed by atoms with Gasteiger partial charge in [-0.3, -0.25) is 4.79 Å². The van der Waals surface area contributed by atoms with Crippen molar-refractivity contribution in [2.24, 2.45) is 17.6 Å². The lowest BCUT2D eigenvalue weighted by atomic mass is 9.94. The van der Waals surface area contributed by atoms with Gasteiger partial charge in [-0.25, -0.2) is 0 Å². The molecule has 1 aliphatic rings. The van der Waals surface area contributed by atoms with Crippen LogP contribution in [0.15, 0.2) is 24.3 Å². The molecular formula is C16H24Cl2N2O. The van der Waals surface area contributed by atoms with Crippen LogP contribution in [0.2, 0.25) is 5.02 Å². The van der Waals surface area contributed by atoms with E-state index in [0.717, 1.165) is 29.8 Å². The van der Waals surface area contributed by atoms with Gasteiger partial charge in [0.2, 0.25) is 5.91 Å². The Hall–Kier alpha value is -0.770. The fraction of sp³-hybridized carbons (Fsp3) is 0.562. The standard InChI is InChI=1S/C16H23ClN2O.ClH/c1-2-19(11-13-6-3-4-9-15(13)17)16(20)14-8-5-7-12(14)10-18;/h3-4,6,9,12,14H,2,5,7-8,10-11,18H2,1H3;1H/t12-,14-;/m1./s1. The molecule has 0 unspecified atom stereocenters. The van der Waals surface area contributed by atoms with Gasteiger partial charge in [0, 0.05) is 24.0 Å². The van der Waals surface area contributed by atoms with Crippen molar-refractivity contribution < 1.29 is 4.79 Å². The number of benzene rings is 1. The summed E-state index contributed by atoms with van der Waals surface area (Å²) in [5.74, 6) is 0.686. The molecule has 0 radical (unpaired) electrons. The van der Waals surface area contributed by atoms with Gasteiger partial charge in [-0.1, -0.05) is 36.2 Å². The van der Waals surface area contributed by atoms with Crippen molar-refractivity contribution in [1.82, 2.24) is 4.90 Å². The van der Waals surface area contributed by atoms with Crippen molar-refractivity contribution >= 4 is 29.9 Å². The van der Waals surface area contributed by atoms with E-state index in [-0.39, 0.29) is 24.2 Å². The number of carbonyl (C=O) groups excluding carboxylic acids is 1. The lowest BCUT2D eigenvalue weighted by molar-refractivity contribution is -0.137. The third-order valence-corrected chi connectivity index (χ3v) is 4.66. The van der Waals surface area contributed by atoms with Crippen molar-refractivity contribution in [2.75, 3.05) is 13.1 Å². The van der Waals surface area contributed by atoms with Crippen LogP contribution in [0, 0.1) is 11.8 Å². The van der Waals surface area contributed by atoms with E-state index in [2.05, 4.69) is 0 Å². The SMILES string of the molecule is CCN(Cc1ccccc1Cl)C(=O)[C@@H]1CCC[C@@H]1CN.Cl. The number of rotatable bonds is 5. The van der Waals surface area contributed by atoms with Crippen molar-refractivity contribution in [1.29, 1.82) is 0 Å². The summed E-state index contributed by atoms with van der Waals surface area (Å²) in [6.45, 7) is 3.92. The summed E-state index contributed by atoms with van der Waals surface area (Å²) in [5, 5.41) is 0.723. The van der Waals surface area contributed by atoms with Crippen LogP contribution >= 0.6 is 24.0 Å². The predicted molar refractivity (Wildman–Crippen MR) is 89.7 cm³/mol. The molecule has 1 fully saturated rings. The van der Waals surface area contributed by atoms with Crippen molar-refractivity contribution in [2.45, 2.75) is 32.7 Å². The third-order valence-electron chi connectivity index (χ3n) is 4.29. The normalized spacial score (nSPS) is 20.9. The Morgan fingerprint density at radius 1 is 1.38 bits per heavy atom. The van der Waals surface area contributed by atoms with Crippen molar-refractivity contribution in [3.05, 3.63) is 34.9 Å². The van der Waals surface area contributed by atoms with Crippen LogP contribution in [0.5, 0.6) is 0 Å². The molecule has 2 atom stereocenters. The van der Waals surface area contributed by atoms with Gasteiger partial charge in [0.1, 0.15) is 0 Å². The first-order chi connectivity index (χ1) is 9.67. The summed E-state index contributed by atoms with van der Waals surface area (Å²) < 4.78 is 0. The van der Waals surface area contributed by atoms with E-state index in [9.17, 15) is 4.79 Å². The summed E-state index contributed by atoms with van der Waals surface area (Å²) in [6.07, 6.45) is 3.16. The second kappa shape index (κ2) is 8.62. The highest BCUT2D eigenvalue weighted by Crippen LogP contribution is 2.33. The molecule has 1 amide bonds. The number of hydrogen-bond donors (Lipinski definition) is 1. The zero-order valence-electron chi connectivity index (χ0n) is 12.4. The molecule has 118 valence electrons. The van der Waals surface area contributed by atoms with E-state index < -0.39 is 0 Å². The first kappa shape index (κ1) is 18.3.